The summed E-state index contributed by atoms with van der Waals surface area (Å²) >= 11 is 1.46. The van der Waals surface area contributed by atoms with Crippen LogP contribution in [0.2, 0.25) is 0 Å². The van der Waals surface area contributed by atoms with Crippen molar-refractivity contribution < 1.29 is 9.53 Å². The Morgan fingerprint density at radius 3 is 2.61 bits per heavy atom. The molecule has 2 aliphatic heterocycles. The Labute approximate surface area is 188 Å². The van der Waals surface area contributed by atoms with Crippen molar-refractivity contribution in [1.82, 2.24) is 14.4 Å². The topological polar surface area (TPSA) is 50.1 Å². The van der Waals surface area contributed by atoms with E-state index >= 15 is 0 Å². The third-order valence-corrected chi connectivity index (χ3v) is 6.47. The molecular weight excluding hydrogens is 408 g/mol. The molecule has 1 aromatic carbocycles. The smallest absolute Gasteiger partial charge is 0.266 e. The number of hydrogen-bond acceptors (Lipinski definition) is 5. The molecule has 6 nitrogen and oxygen atoms in total. The standard InChI is InChI=1S/C24H30N4O2S/c1-19(2)27-12-9-20(18-27)17-22-23(29)28(11-6-10-26-13-15-30-16-14-26)24(31-22)25-21-7-4-3-5-8-21/h3-5,7-9,12,17-19H,6,10-11,13-16H2,1-2H3/b22-17+,25-24?. The molecule has 2 saturated heterocycles. The molecule has 2 aromatic rings. The van der Waals surface area contributed by atoms with Crippen LogP contribution in [-0.4, -0.2) is 64.8 Å². The van der Waals surface area contributed by atoms with E-state index in [0.29, 0.717) is 12.6 Å². The summed E-state index contributed by atoms with van der Waals surface area (Å²) < 4.78 is 7.58. The lowest BCUT2D eigenvalue weighted by Gasteiger charge is -2.27. The highest BCUT2D eigenvalue weighted by molar-refractivity contribution is 8.18. The molecule has 0 saturated carbocycles. The molecule has 0 unspecified atom stereocenters. The molecule has 2 aliphatic rings. The van der Waals surface area contributed by atoms with Crippen LogP contribution in [0.1, 0.15) is 31.9 Å². The van der Waals surface area contributed by atoms with Gasteiger partial charge in [-0.15, -0.1) is 0 Å². The van der Waals surface area contributed by atoms with Gasteiger partial charge in [-0.2, -0.15) is 0 Å². The Kier molecular flexibility index (Phi) is 7.27. The van der Waals surface area contributed by atoms with Crippen LogP contribution in [0.5, 0.6) is 0 Å². The first kappa shape index (κ1) is 21.9. The van der Waals surface area contributed by atoms with Gasteiger partial charge in [-0.3, -0.25) is 14.6 Å². The minimum atomic E-state index is 0.0407. The summed E-state index contributed by atoms with van der Waals surface area (Å²) in [6, 6.07) is 12.3. The molecule has 1 aromatic heterocycles. The van der Waals surface area contributed by atoms with Crippen molar-refractivity contribution >= 4 is 34.6 Å². The van der Waals surface area contributed by atoms with Crippen molar-refractivity contribution in [1.29, 1.82) is 0 Å². The van der Waals surface area contributed by atoms with Gasteiger partial charge in [0, 0.05) is 44.6 Å². The van der Waals surface area contributed by atoms with Gasteiger partial charge >= 0.3 is 0 Å². The van der Waals surface area contributed by atoms with E-state index in [0.717, 1.165) is 60.6 Å². The molecule has 2 fully saturated rings. The third-order valence-electron chi connectivity index (χ3n) is 5.46. The van der Waals surface area contributed by atoms with Crippen molar-refractivity contribution in [2.24, 2.45) is 4.99 Å². The van der Waals surface area contributed by atoms with Crippen LogP contribution in [0.15, 0.2) is 58.7 Å². The van der Waals surface area contributed by atoms with Gasteiger partial charge in [0.1, 0.15) is 0 Å². The van der Waals surface area contributed by atoms with Gasteiger partial charge in [0.15, 0.2) is 5.17 Å². The van der Waals surface area contributed by atoms with E-state index in [2.05, 4.69) is 41.8 Å². The molecule has 0 aliphatic carbocycles. The lowest BCUT2D eigenvalue weighted by molar-refractivity contribution is -0.122. The maximum atomic E-state index is 13.2. The molecule has 7 heteroatoms. The van der Waals surface area contributed by atoms with Gasteiger partial charge in [0.25, 0.3) is 5.91 Å². The summed E-state index contributed by atoms with van der Waals surface area (Å²) in [4.78, 5) is 23.0. The van der Waals surface area contributed by atoms with Crippen LogP contribution < -0.4 is 0 Å². The molecule has 0 N–H and O–H groups in total. The summed E-state index contributed by atoms with van der Waals surface area (Å²) in [6.07, 6.45) is 7.03. The fourth-order valence-corrected chi connectivity index (χ4v) is 4.69. The molecule has 164 valence electrons. The average molecular weight is 439 g/mol. The molecule has 0 bridgehead atoms. The summed E-state index contributed by atoms with van der Waals surface area (Å²) in [6.45, 7) is 9.44. The van der Waals surface area contributed by atoms with Crippen LogP contribution in [0, 0.1) is 0 Å². The normalized spacial score (nSPS) is 20.5. The first-order valence-electron chi connectivity index (χ1n) is 10.9. The Hall–Kier alpha value is -2.35. The second kappa shape index (κ2) is 10.3. The number of benzene rings is 1. The molecule has 3 heterocycles. The Morgan fingerprint density at radius 2 is 1.90 bits per heavy atom. The van der Waals surface area contributed by atoms with Crippen molar-refractivity contribution in [3.63, 3.8) is 0 Å². The number of hydrogen-bond donors (Lipinski definition) is 0. The molecule has 31 heavy (non-hydrogen) atoms. The third kappa shape index (κ3) is 5.67. The van der Waals surface area contributed by atoms with E-state index < -0.39 is 0 Å². The van der Waals surface area contributed by atoms with Gasteiger partial charge in [0.05, 0.1) is 23.8 Å². The number of ether oxygens (including phenoxy) is 1. The lowest BCUT2D eigenvalue weighted by atomic mass is 10.3. The number of amidine groups is 1. The number of carbonyl (C=O) groups is 1. The quantitative estimate of drug-likeness (QED) is 0.602. The highest BCUT2D eigenvalue weighted by Crippen LogP contribution is 2.34. The van der Waals surface area contributed by atoms with Crippen LogP contribution in [0.4, 0.5) is 5.69 Å². The number of para-hydroxylation sites is 1. The van der Waals surface area contributed by atoms with E-state index in [1.165, 1.54) is 11.8 Å². The molecular formula is C24H30N4O2S. The number of aromatic nitrogens is 1. The maximum absolute atomic E-state index is 13.2. The number of nitrogens with zero attached hydrogens (tertiary/aromatic N) is 4. The second-order valence-electron chi connectivity index (χ2n) is 8.09. The van der Waals surface area contributed by atoms with Crippen LogP contribution >= 0.6 is 11.8 Å². The first-order chi connectivity index (χ1) is 15.1. The first-order valence-corrected chi connectivity index (χ1v) is 11.7. The fourth-order valence-electron chi connectivity index (χ4n) is 3.67. The Balaban J connectivity index is 1.51. The van der Waals surface area contributed by atoms with Crippen LogP contribution in [0.3, 0.4) is 0 Å². The van der Waals surface area contributed by atoms with Crippen molar-refractivity contribution in [2.75, 3.05) is 39.4 Å². The molecule has 0 radical (unpaired) electrons. The summed E-state index contributed by atoms with van der Waals surface area (Å²) in [5.74, 6) is 0.0407. The summed E-state index contributed by atoms with van der Waals surface area (Å²) in [5, 5.41) is 0.757. The average Bonchev–Trinajstić information content (AvgIpc) is 3.36. The molecule has 0 atom stereocenters. The van der Waals surface area contributed by atoms with E-state index in [1.54, 1.807) is 0 Å². The van der Waals surface area contributed by atoms with E-state index in [1.807, 2.05) is 41.3 Å². The number of amides is 1. The van der Waals surface area contributed by atoms with Gasteiger partial charge < -0.3 is 9.30 Å². The minimum absolute atomic E-state index is 0.0407. The van der Waals surface area contributed by atoms with E-state index in [9.17, 15) is 4.79 Å². The Morgan fingerprint density at radius 1 is 1.13 bits per heavy atom. The van der Waals surface area contributed by atoms with Crippen LogP contribution in [0.25, 0.3) is 6.08 Å². The van der Waals surface area contributed by atoms with Gasteiger partial charge in [0.2, 0.25) is 0 Å². The van der Waals surface area contributed by atoms with Crippen molar-refractivity contribution in [2.45, 2.75) is 26.3 Å². The zero-order chi connectivity index (χ0) is 21.6. The maximum Gasteiger partial charge on any atom is 0.266 e. The zero-order valence-corrected chi connectivity index (χ0v) is 19.1. The minimum Gasteiger partial charge on any atom is -0.379 e. The number of rotatable bonds is 7. The van der Waals surface area contributed by atoms with Crippen LogP contribution in [-0.2, 0) is 9.53 Å². The number of thioether (sulfide) groups is 1. The van der Waals surface area contributed by atoms with Crippen molar-refractivity contribution in [3.05, 3.63) is 59.3 Å². The highest BCUT2D eigenvalue weighted by Gasteiger charge is 2.33. The predicted molar refractivity (Wildman–Crippen MR) is 128 cm³/mol. The summed E-state index contributed by atoms with van der Waals surface area (Å²) in [7, 11) is 0. The lowest BCUT2D eigenvalue weighted by Crippen LogP contribution is -2.38. The fraction of sp³-hybridized carbons (Fsp3) is 0.417. The van der Waals surface area contributed by atoms with E-state index in [-0.39, 0.29) is 5.91 Å². The largest absolute Gasteiger partial charge is 0.379 e. The second-order valence-corrected chi connectivity index (χ2v) is 9.10. The SMILES string of the molecule is CC(C)n1ccc(/C=C2/SC(=Nc3ccccc3)N(CCCN3CCOCC3)C2=O)c1. The summed E-state index contributed by atoms with van der Waals surface area (Å²) in [5.41, 5.74) is 1.90. The number of morpholine rings is 1. The van der Waals surface area contributed by atoms with Gasteiger partial charge in [-0.1, -0.05) is 18.2 Å². The zero-order valence-electron chi connectivity index (χ0n) is 18.2. The number of carbonyl (C=O) groups excluding carboxylic acids is 1. The van der Waals surface area contributed by atoms with Gasteiger partial charge in [-0.25, -0.2) is 4.99 Å². The number of aliphatic imine (C=N–C) groups is 1. The van der Waals surface area contributed by atoms with Crippen molar-refractivity contribution in [3.8, 4) is 0 Å². The monoisotopic (exact) mass is 438 g/mol. The molecule has 4 rings (SSSR count). The Bertz CT molecular complexity index is 945. The molecule has 1 amide bonds. The van der Waals surface area contributed by atoms with Gasteiger partial charge in [-0.05, 0) is 61.9 Å². The van der Waals surface area contributed by atoms with E-state index in [4.69, 9.17) is 9.73 Å². The predicted octanol–water partition coefficient (Wildman–Crippen LogP) is 4.40. The highest BCUT2D eigenvalue weighted by atomic mass is 32.2. The molecule has 0 spiro atoms.